The van der Waals surface area contributed by atoms with Crippen LogP contribution >= 0.6 is 0 Å². The van der Waals surface area contributed by atoms with E-state index < -0.39 is 24.4 Å². The van der Waals surface area contributed by atoms with Gasteiger partial charge in [0.25, 0.3) is 0 Å². The molecule has 84 valence electrons. The molecule has 0 aliphatic carbocycles. The van der Waals surface area contributed by atoms with Crippen molar-refractivity contribution in [2.75, 3.05) is 13.1 Å². The van der Waals surface area contributed by atoms with Gasteiger partial charge in [-0.1, -0.05) is 0 Å². The second-order valence-electron chi connectivity index (χ2n) is 3.67. The van der Waals surface area contributed by atoms with Gasteiger partial charge in [0, 0.05) is 6.54 Å². The highest BCUT2D eigenvalue weighted by Gasteiger charge is 2.49. The van der Waals surface area contributed by atoms with Crippen molar-refractivity contribution in [2.45, 2.75) is 37.3 Å². The zero-order valence-electron chi connectivity index (χ0n) is 7.50. The molecule has 1 rings (SSSR count). The van der Waals surface area contributed by atoms with Gasteiger partial charge in [0.1, 0.15) is 5.67 Å². The second-order valence-corrected chi connectivity index (χ2v) is 3.67. The molecule has 0 aromatic carbocycles. The van der Waals surface area contributed by atoms with Gasteiger partial charge in [-0.25, -0.2) is 22.0 Å². The molecule has 1 N–H and O–H groups in total. The first-order valence-corrected chi connectivity index (χ1v) is 4.41. The fourth-order valence-corrected chi connectivity index (χ4v) is 1.58. The molecule has 0 amide bonds. The summed E-state index contributed by atoms with van der Waals surface area (Å²) in [4.78, 5) is 0. The minimum Gasteiger partial charge on any atom is -0.314 e. The Morgan fingerprint density at radius 1 is 1.36 bits per heavy atom. The summed E-state index contributed by atoms with van der Waals surface area (Å²) >= 11 is 0. The van der Waals surface area contributed by atoms with Gasteiger partial charge in [0.05, 0.1) is 6.42 Å². The van der Waals surface area contributed by atoms with Crippen molar-refractivity contribution in [1.82, 2.24) is 5.32 Å². The van der Waals surface area contributed by atoms with Crippen molar-refractivity contribution in [2.24, 2.45) is 0 Å². The zero-order valence-corrected chi connectivity index (χ0v) is 7.50. The van der Waals surface area contributed by atoms with E-state index in [1.807, 2.05) is 0 Å². The van der Waals surface area contributed by atoms with Crippen LogP contribution in [0, 0.1) is 0 Å². The van der Waals surface area contributed by atoms with Crippen LogP contribution in [0.5, 0.6) is 0 Å². The summed E-state index contributed by atoms with van der Waals surface area (Å²) in [5.41, 5.74) is -2.20. The first-order valence-electron chi connectivity index (χ1n) is 4.41. The molecule has 0 saturated carbocycles. The van der Waals surface area contributed by atoms with E-state index >= 15 is 0 Å². The maximum absolute atomic E-state index is 13.6. The van der Waals surface area contributed by atoms with Gasteiger partial charge in [0.15, 0.2) is 0 Å². The minimum atomic E-state index is -4.23. The summed E-state index contributed by atoms with van der Waals surface area (Å²) in [5, 5.41) is 2.58. The van der Waals surface area contributed by atoms with Crippen molar-refractivity contribution in [3.05, 3.63) is 0 Å². The van der Waals surface area contributed by atoms with E-state index in [-0.39, 0.29) is 13.0 Å². The van der Waals surface area contributed by atoms with E-state index in [9.17, 15) is 22.0 Å². The quantitative estimate of drug-likeness (QED) is 0.715. The van der Waals surface area contributed by atoms with Crippen molar-refractivity contribution in [1.29, 1.82) is 0 Å². The Morgan fingerprint density at radius 2 is 2.00 bits per heavy atom. The summed E-state index contributed by atoms with van der Waals surface area (Å²) in [6.45, 7) is 0.279. The SMILES string of the molecule is FC(F)C(F)(F)CC1(F)CCCNC1. The smallest absolute Gasteiger partial charge is 0.310 e. The Balaban J connectivity index is 2.56. The lowest BCUT2D eigenvalue weighted by atomic mass is 9.90. The number of hydrogen-bond donors (Lipinski definition) is 1. The van der Waals surface area contributed by atoms with Gasteiger partial charge < -0.3 is 5.32 Å². The molecule has 0 spiro atoms. The zero-order chi connectivity index (χ0) is 10.8. The van der Waals surface area contributed by atoms with Crippen LogP contribution < -0.4 is 5.32 Å². The summed E-state index contributed by atoms with van der Waals surface area (Å²) in [6, 6.07) is 0. The molecule has 0 aromatic rings. The number of hydrogen-bond acceptors (Lipinski definition) is 1. The van der Waals surface area contributed by atoms with E-state index in [4.69, 9.17) is 0 Å². The van der Waals surface area contributed by atoms with Crippen LogP contribution in [0.1, 0.15) is 19.3 Å². The molecule has 1 atom stereocenters. The largest absolute Gasteiger partial charge is 0.314 e. The molecule has 1 fully saturated rings. The van der Waals surface area contributed by atoms with Crippen molar-refractivity contribution < 1.29 is 22.0 Å². The monoisotopic (exact) mass is 217 g/mol. The molecule has 1 aliphatic rings. The predicted molar refractivity (Wildman–Crippen MR) is 41.5 cm³/mol. The van der Waals surface area contributed by atoms with Crippen molar-refractivity contribution in [3.63, 3.8) is 0 Å². The van der Waals surface area contributed by atoms with Gasteiger partial charge in [-0.2, -0.15) is 0 Å². The second kappa shape index (κ2) is 4.00. The molecule has 1 unspecified atom stereocenters. The minimum absolute atomic E-state index is 0.0810. The Labute approximate surface area is 78.7 Å². The fraction of sp³-hybridized carbons (Fsp3) is 1.00. The van der Waals surface area contributed by atoms with E-state index in [1.165, 1.54) is 0 Å². The number of halogens is 5. The van der Waals surface area contributed by atoms with Crippen LogP contribution in [0.15, 0.2) is 0 Å². The number of piperidine rings is 1. The van der Waals surface area contributed by atoms with E-state index in [0.717, 1.165) is 0 Å². The van der Waals surface area contributed by atoms with E-state index in [2.05, 4.69) is 5.32 Å². The number of nitrogens with one attached hydrogen (secondary N) is 1. The number of rotatable bonds is 3. The maximum Gasteiger partial charge on any atom is 0.310 e. The van der Waals surface area contributed by atoms with Crippen LogP contribution in [0.3, 0.4) is 0 Å². The lowest BCUT2D eigenvalue weighted by Crippen LogP contribution is -2.47. The predicted octanol–water partition coefficient (Wildman–Crippen LogP) is 2.37. The van der Waals surface area contributed by atoms with Crippen LogP contribution in [0.25, 0.3) is 0 Å². The topological polar surface area (TPSA) is 12.0 Å². The molecule has 0 aromatic heterocycles. The third kappa shape index (κ3) is 2.80. The molecule has 0 bridgehead atoms. The first kappa shape index (κ1) is 11.7. The summed E-state index contributed by atoms with van der Waals surface area (Å²) < 4.78 is 62.3. The lowest BCUT2D eigenvalue weighted by molar-refractivity contribution is -0.157. The average molecular weight is 217 g/mol. The lowest BCUT2D eigenvalue weighted by Gasteiger charge is -2.32. The van der Waals surface area contributed by atoms with Crippen molar-refractivity contribution >= 4 is 0 Å². The highest BCUT2D eigenvalue weighted by molar-refractivity contribution is 4.91. The van der Waals surface area contributed by atoms with Crippen LogP contribution in [-0.4, -0.2) is 31.1 Å². The Morgan fingerprint density at radius 3 is 2.43 bits per heavy atom. The molecule has 0 radical (unpaired) electrons. The highest BCUT2D eigenvalue weighted by Crippen LogP contribution is 2.37. The third-order valence-corrected chi connectivity index (χ3v) is 2.29. The van der Waals surface area contributed by atoms with Crippen molar-refractivity contribution in [3.8, 4) is 0 Å². The highest BCUT2D eigenvalue weighted by atomic mass is 19.3. The van der Waals surface area contributed by atoms with E-state index in [0.29, 0.717) is 13.0 Å². The Hall–Kier alpha value is -0.390. The van der Waals surface area contributed by atoms with Gasteiger partial charge in [-0.3, -0.25) is 0 Å². The summed E-state index contributed by atoms with van der Waals surface area (Å²) in [6.07, 6.45) is -4.87. The molecule has 6 heteroatoms. The van der Waals surface area contributed by atoms with Gasteiger partial charge in [0.2, 0.25) is 0 Å². The maximum atomic E-state index is 13.6. The van der Waals surface area contributed by atoms with Crippen LogP contribution in [0.2, 0.25) is 0 Å². The molecule has 1 heterocycles. The third-order valence-electron chi connectivity index (χ3n) is 2.29. The summed E-state index contributed by atoms with van der Waals surface area (Å²) in [5.74, 6) is -4.23. The standard InChI is InChI=1S/C8H12F5N/c9-6(10)8(12,13)4-7(11)2-1-3-14-5-7/h6,14H,1-5H2. The molecular weight excluding hydrogens is 205 g/mol. The van der Waals surface area contributed by atoms with Gasteiger partial charge in [-0.05, 0) is 19.4 Å². The normalized spacial score (nSPS) is 29.6. The molecule has 14 heavy (non-hydrogen) atoms. The van der Waals surface area contributed by atoms with Gasteiger partial charge in [-0.15, -0.1) is 0 Å². The van der Waals surface area contributed by atoms with E-state index in [1.54, 1.807) is 0 Å². The Kier molecular flexibility index (Phi) is 3.34. The van der Waals surface area contributed by atoms with Gasteiger partial charge >= 0.3 is 12.3 Å². The molecule has 1 aliphatic heterocycles. The average Bonchev–Trinajstić information content (AvgIpc) is 2.03. The fourth-order valence-electron chi connectivity index (χ4n) is 1.58. The number of alkyl halides is 5. The Bertz CT molecular complexity index is 188. The first-order chi connectivity index (χ1) is 6.36. The van der Waals surface area contributed by atoms with Crippen LogP contribution in [0.4, 0.5) is 22.0 Å². The molecular formula is C8H12F5N. The molecule has 1 saturated heterocycles. The van der Waals surface area contributed by atoms with Crippen LogP contribution in [-0.2, 0) is 0 Å². The summed E-state index contributed by atoms with van der Waals surface area (Å²) in [7, 11) is 0. The molecule has 1 nitrogen and oxygen atoms in total.